The molecule has 2 rings (SSSR count). The summed E-state index contributed by atoms with van der Waals surface area (Å²) in [6, 6.07) is 11.2. The number of nitrogens with zero attached hydrogens (tertiary/aromatic N) is 2. The molecule has 0 aliphatic heterocycles. The Hall–Kier alpha value is -2.40. The average Bonchev–Trinajstić information content (AvgIpc) is 2.53. The summed E-state index contributed by atoms with van der Waals surface area (Å²) in [5, 5.41) is 0. The molecule has 3 N–H and O–H groups in total. The van der Waals surface area contributed by atoms with Crippen molar-refractivity contribution in [2.24, 2.45) is 5.84 Å². The minimum Gasteiger partial charge on any atom is -0.311 e. The van der Waals surface area contributed by atoms with Crippen LogP contribution in [-0.2, 0) is 6.42 Å². The van der Waals surface area contributed by atoms with E-state index in [2.05, 4.69) is 17.3 Å². The van der Waals surface area contributed by atoms with Gasteiger partial charge >= 0.3 is 0 Å². The van der Waals surface area contributed by atoms with Crippen molar-refractivity contribution in [3.8, 4) is 0 Å². The summed E-state index contributed by atoms with van der Waals surface area (Å²) in [4.78, 5) is 18.0. The number of carbonyl (C=O) groups excluding carboxylic acids is 1. The molecule has 0 aliphatic rings. The number of nitrogens with two attached hydrogens (primary N) is 1. The molecule has 0 saturated carbocycles. The van der Waals surface area contributed by atoms with E-state index in [9.17, 15) is 4.79 Å². The first kappa shape index (κ1) is 14.0. The number of carbonyl (C=O) groups is 1. The fourth-order valence-electron chi connectivity index (χ4n) is 1.91. The number of aromatic nitrogens is 1. The second-order valence-electron chi connectivity index (χ2n) is 4.46. The van der Waals surface area contributed by atoms with Gasteiger partial charge in [-0.3, -0.25) is 4.79 Å². The van der Waals surface area contributed by atoms with Crippen molar-refractivity contribution in [1.29, 1.82) is 0 Å². The molecule has 1 heterocycles. The van der Waals surface area contributed by atoms with Crippen molar-refractivity contribution >= 4 is 17.4 Å². The highest BCUT2D eigenvalue weighted by atomic mass is 16.2. The Labute approximate surface area is 118 Å². The van der Waals surface area contributed by atoms with Crippen molar-refractivity contribution in [3.63, 3.8) is 0 Å². The lowest BCUT2D eigenvalue weighted by molar-refractivity contribution is 0.0993. The molecule has 0 aliphatic carbocycles. The fourth-order valence-corrected chi connectivity index (χ4v) is 1.91. The predicted molar refractivity (Wildman–Crippen MR) is 80.6 cm³/mol. The minimum absolute atomic E-state index is 0.104. The monoisotopic (exact) mass is 270 g/mol. The molecule has 1 aromatic heterocycles. The Kier molecular flexibility index (Phi) is 4.32. The minimum atomic E-state index is -0.104. The Morgan fingerprint density at radius 1 is 1.30 bits per heavy atom. The van der Waals surface area contributed by atoms with E-state index in [0.717, 1.165) is 12.1 Å². The first-order chi connectivity index (χ1) is 9.65. The number of aryl methyl sites for hydroxylation is 1. The van der Waals surface area contributed by atoms with Gasteiger partial charge < -0.3 is 10.3 Å². The summed E-state index contributed by atoms with van der Waals surface area (Å²) in [7, 11) is 1.75. The Balaban J connectivity index is 2.22. The van der Waals surface area contributed by atoms with Crippen LogP contribution in [0, 0.1) is 0 Å². The SMILES string of the molecule is CCc1ccc(N(C)C(=O)c2ccnc(NN)c2)cc1. The number of rotatable bonds is 4. The molecule has 0 unspecified atom stereocenters. The van der Waals surface area contributed by atoms with Crippen LogP contribution in [0.5, 0.6) is 0 Å². The van der Waals surface area contributed by atoms with Crippen molar-refractivity contribution in [3.05, 3.63) is 53.7 Å². The molecule has 0 atom stereocenters. The van der Waals surface area contributed by atoms with Gasteiger partial charge in [0.2, 0.25) is 0 Å². The quantitative estimate of drug-likeness (QED) is 0.660. The van der Waals surface area contributed by atoms with Gasteiger partial charge in [-0.05, 0) is 36.2 Å². The Morgan fingerprint density at radius 2 is 2.00 bits per heavy atom. The molecule has 0 saturated heterocycles. The molecule has 104 valence electrons. The topological polar surface area (TPSA) is 71.2 Å². The fraction of sp³-hybridized carbons (Fsp3) is 0.200. The van der Waals surface area contributed by atoms with Crippen molar-refractivity contribution < 1.29 is 4.79 Å². The zero-order valence-electron chi connectivity index (χ0n) is 11.6. The van der Waals surface area contributed by atoms with Crippen molar-refractivity contribution in [2.75, 3.05) is 17.4 Å². The molecule has 1 aromatic carbocycles. The van der Waals surface area contributed by atoms with Gasteiger partial charge in [-0.25, -0.2) is 10.8 Å². The van der Waals surface area contributed by atoms with E-state index in [4.69, 9.17) is 5.84 Å². The number of nitrogen functional groups attached to an aromatic ring is 1. The number of hydrogen-bond donors (Lipinski definition) is 2. The highest BCUT2D eigenvalue weighted by Gasteiger charge is 2.14. The lowest BCUT2D eigenvalue weighted by atomic mass is 10.1. The van der Waals surface area contributed by atoms with Crippen LogP contribution in [0.25, 0.3) is 0 Å². The van der Waals surface area contributed by atoms with E-state index < -0.39 is 0 Å². The summed E-state index contributed by atoms with van der Waals surface area (Å²) in [6.07, 6.45) is 2.53. The third-order valence-electron chi connectivity index (χ3n) is 3.19. The normalized spacial score (nSPS) is 10.2. The zero-order chi connectivity index (χ0) is 14.5. The van der Waals surface area contributed by atoms with Crippen LogP contribution in [0.3, 0.4) is 0 Å². The lowest BCUT2D eigenvalue weighted by Crippen LogP contribution is -2.26. The van der Waals surface area contributed by atoms with Gasteiger partial charge in [0.05, 0.1) is 0 Å². The lowest BCUT2D eigenvalue weighted by Gasteiger charge is -2.18. The molecule has 0 fully saturated rings. The molecule has 20 heavy (non-hydrogen) atoms. The van der Waals surface area contributed by atoms with E-state index >= 15 is 0 Å². The number of anilines is 2. The molecule has 5 nitrogen and oxygen atoms in total. The van der Waals surface area contributed by atoms with Gasteiger partial charge in [0.15, 0.2) is 0 Å². The van der Waals surface area contributed by atoms with Crippen LogP contribution < -0.4 is 16.2 Å². The third kappa shape index (κ3) is 2.95. The first-order valence-electron chi connectivity index (χ1n) is 6.45. The zero-order valence-corrected chi connectivity index (χ0v) is 11.6. The van der Waals surface area contributed by atoms with E-state index in [1.807, 2.05) is 24.3 Å². The second-order valence-corrected chi connectivity index (χ2v) is 4.46. The Bertz CT molecular complexity index is 595. The molecule has 0 spiro atoms. The van der Waals surface area contributed by atoms with Crippen LogP contribution in [0.15, 0.2) is 42.6 Å². The van der Waals surface area contributed by atoms with Crippen molar-refractivity contribution in [2.45, 2.75) is 13.3 Å². The maximum atomic E-state index is 12.4. The van der Waals surface area contributed by atoms with E-state index in [1.165, 1.54) is 5.56 Å². The molecule has 0 bridgehead atoms. The van der Waals surface area contributed by atoms with Gasteiger partial charge in [0.25, 0.3) is 5.91 Å². The van der Waals surface area contributed by atoms with Gasteiger partial charge in [-0.2, -0.15) is 0 Å². The number of hydrazine groups is 1. The predicted octanol–water partition coefficient (Wildman–Crippen LogP) is 2.21. The number of nitrogens with one attached hydrogen (secondary N) is 1. The number of pyridine rings is 1. The van der Waals surface area contributed by atoms with Crippen LogP contribution in [0.2, 0.25) is 0 Å². The Morgan fingerprint density at radius 3 is 2.60 bits per heavy atom. The molecule has 0 radical (unpaired) electrons. The molecular formula is C15H18N4O. The van der Waals surface area contributed by atoms with Gasteiger partial charge in [-0.15, -0.1) is 0 Å². The van der Waals surface area contributed by atoms with E-state index in [-0.39, 0.29) is 5.91 Å². The molecule has 2 aromatic rings. The number of amides is 1. The van der Waals surface area contributed by atoms with Crippen molar-refractivity contribution in [1.82, 2.24) is 4.98 Å². The van der Waals surface area contributed by atoms with Crippen LogP contribution in [-0.4, -0.2) is 17.9 Å². The highest BCUT2D eigenvalue weighted by molar-refractivity contribution is 6.06. The van der Waals surface area contributed by atoms with Crippen LogP contribution in [0.4, 0.5) is 11.5 Å². The van der Waals surface area contributed by atoms with Crippen LogP contribution >= 0.6 is 0 Å². The van der Waals surface area contributed by atoms with Gasteiger partial charge in [0, 0.05) is 24.5 Å². The molecule has 1 amide bonds. The highest BCUT2D eigenvalue weighted by Crippen LogP contribution is 2.17. The summed E-state index contributed by atoms with van der Waals surface area (Å²) in [6.45, 7) is 2.10. The standard InChI is InChI=1S/C15H18N4O/c1-3-11-4-6-13(7-5-11)19(2)15(20)12-8-9-17-14(10-12)18-16/h4-10H,3,16H2,1-2H3,(H,17,18). The summed E-state index contributed by atoms with van der Waals surface area (Å²) >= 11 is 0. The summed E-state index contributed by atoms with van der Waals surface area (Å²) < 4.78 is 0. The first-order valence-corrected chi connectivity index (χ1v) is 6.45. The molecule has 5 heteroatoms. The second kappa shape index (κ2) is 6.16. The maximum Gasteiger partial charge on any atom is 0.258 e. The molecular weight excluding hydrogens is 252 g/mol. The van der Waals surface area contributed by atoms with E-state index in [1.54, 1.807) is 30.3 Å². The largest absolute Gasteiger partial charge is 0.311 e. The number of benzene rings is 1. The van der Waals surface area contributed by atoms with Crippen LogP contribution in [0.1, 0.15) is 22.8 Å². The summed E-state index contributed by atoms with van der Waals surface area (Å²) in [5.74, 6) is 5.66. The third-order valence-corrected chi connectivity index (χ3v) is 3.19. The van der Waals surface area contributed by atoms with E-state index in [0.29, 0.717) is 11.4 Å². The smallest absolute Gasteiger partial charge is 0.258 e. The number of hydrogen-bond acceptors (Lipinski definition) is 4. The average molecular weight is 270 g/mol. The maximum absolute atomic E-state index is 12.4. The van der Waals surface area contributed by atoms with Gasteiger partial charge in [-0.1, -0.05) is 19.1 Å². The van der Waals surface area contributed by atoms with Gasteiger partial charge in [0.1, 0.15) is 5.82 Å². The summed E-state index contributed by atoms with van der Waals surface area (Å²) in [5.41, 5.74) is 5.07.